The minimum absolute atomic E-state index is 0.292. The van der Waals surface area contributed by atoms with E-state index >= 15 is 0 Å². The molecular formula is C12H27N3. The lowest BCUT2D eigenvalue weighted by Crippen LogP contribution is -2.50. The largest absolute Gasteiger partial charge is 0.315 e. The van der Waals surface area contributed by atoms with Gasteiger partial charge in [-0.15, -0.1) is 0 Å². The van der Waals surface area contributed by atoms with Gasteiger partial charge in [0.15, 0.2) is 0 Å². The van der Waals surface area contributed by atoms with Crippen LogP contribution in [0.4, 0.5) is 0 Å². The van der Waals surface area contributed by atoms with Crippen molar-refractivity contribution in [2.45, 2.75) is 26.3 Å². The molecule has 1 fully saturated rings. The molecule has 3 nitrogen and oxygen atoms in total. The standard InChI is InChI=1S/C12H27N3/c1-11-8-13-10-12(2,3)15(9-11)7-6-14(4)5/h11,13H,6-10H2,1-5H3. The van der Waals surface area contributed by atoms with Crippen LogP contribution < -0.4 is 5.32 Å². The molecule has 1 heterocycles. The van der Waals surface area contributed by atoms with Crippen molar-refractivity contribution in [3.8, 4) is 0 Å². The molecule has 1 aliphatic heterocycles. The maximum Gasteiger partial charge on any atom is 0.0278 e. The van der Waals surface area contributed by atoms with Crippen LogP contribution in [0.15, 0.2) is 0 Å². The number of likely N-dealkylation sites (N-methyl/N-ethyl adjacent to an activating group) is 1. The topological polar surface area (TPSA) is 18.5 Å². The van der Waals surface area contributed by atoms with E-state index in [4.69, 9.17) is 0 Å². The van der Waals surface area contributed by atoms with E-state index in [2.05, 4.69) is 50.0 Å². The molecule has 90 valence electrons. The van der Waals surface area contributed by atoms with E-state index in [-0.39, 0.29) is 0 Å². The Bertz CT molecular complexity index is 189. The average molecular weight is 213 g/mol. The first-order valence-corrected chi connectivity index (χ1v) is 6.02. The van der Waals surface area contributed by atoms with E-state index in [1.54, 1.807) is 0 Å². The monoisotopic (exact) mass is 213 g/mol. The van der Waals surface area contributed by atoms with Gasteiger partial charge < -0.3 is 10.2 Å². The molecule has 0 bridgehead atoms. The predicted octanol–water partition coefficient (Wildman–Crippen LogP) is 0.868. The zero-order valence-electron chi connectivity index (χ0n) is 11.0. The van der Waals surface area contributed by atoms with Crippen LogP contribution in [0, 0.1) is 5.92 Å². The molecule has 1 saturated heterocycles. The van der Waals surface area contributed by atoms with Crippen molar-refractivity contribution in [3.05, 3.63) is 0 Å². The fourth-order valence-electron chi connectivity index (χ4n) is 2.14. The first-order valence-electron chi connectivity index (χ1n) is 6.02. The summed E-state index contributed by atoms with van der Waals surface area (Å²) < 4.78 is 0. The van der Waals surface area contributed by atoms with Crippen molar-refractivity contribution in [1.82, 2.24) is 15.1 Å². The van der Waals surface area contributed by atoms with Crippen LogP contribution in [0.1, 0.15) is 20.8 Å². The normalized spacial score (nSPS) is 28.0. The molecule has 0 aromatic heterocycles. The molecular weight excluding hydrogens is 186 g/mol. The van der Waals surface area contributed by atoms with Crippen molar-refractivity contribution in [1.29, 1.82) is 0 Å². The van der Waals surface area contributed by atoms with Crippen molar-refractivity contribution in [3.63, 3.8) is 0 Å². The highest BCUT2D eigenvalue weighted by Gasteiger charge is 2.29. The van der Waals surface area contributed by atoms with Crippen LogP contribution in [-0.2, 0) is 0 Å². The van der Waals surface area contributed by atoms with E-state index in [1.165, 1.54) is 13.1 Å². The fraction of sp³-hybridized carbons (Fsp3) is 1.00. The lowest BCUT2D eigenvalue weighted by Gasteiger charge is -2.38. The maximum atomic E-state index is 3.55. The predicted molar refractivity (Wildman–Crippen MR) is 66.2 cm³/mol. The Morgan fingerprint density at radius 3 is 2.67 bits per heavy atom. The van der Waals surface area contributed by atoms with Crippen molar-refractivity contribution in [2.24, 2.45) is 5.92 Å². The first-order chi connectivity index (χ1) is 6.92. The SMILES string of the molecule is CC1CNCC(C)(C)N(CCN(C)C)C1. The third-order valence-corrected chi connectivity index (χ3v) is 3.26. The second kappa shape index (κ2) is 5.28. The van der Waals surface area contributed by atoms with E-state index in [1.807, 2.05) is 0 Å². The molecule has 0 radical (unpaired) electrons. The summed E-state index contributed by atoms with van der Waals surface area (Å²) >= 11 is 0. The molecule has 3 heteroatoms. The van der Waals surface area contributed by atoms with Crippen LogP contribution in [0.5, 0.6) is 0 Å². The Labute approximate surface area is 94.8 Å². The van der Waals surface area contributed by atoms with Gasteiger partial charge in [0.2, 0.25) is 0 Å². The van der Waals surface area contributed by atoms with Gasteiger partial charge in [-0.2, -0.15) is 0 Å². The molecule has 0 aliphatic carbocycles. The number of hydrogen-bond donors (Lipinski definition) is 1. The molecule has 0 aromatic rings. The molecule has 1 rings (SSSR count). The molecule has 0 spiro atoms. The zero-order chi connectivity index (χ0) is 11.5. The summed E-state index contributed by atoms with van der Waals surface area (Å²) in [6, 6.07) is 0. The minimum Gasteiger partial charge on any atom is -0.315 e. The van der Waals surface area contributed by atoms with Crippen LogP contribution in [-0.4, -0.2) is 62.2 Å². The lowest BCUT2D eigenvalue weighted by molar-refractivity contribution is 0.112. The Morgan fingerprint density at radius 1 is 1.40 bits per heavy atom. The van der Waals surface area contributed by atoms with E-state index in [0.29, 0.717) is 5.54 Å². The molecule has 0 amide bonds. The van der Waals surface area contributed by atoms with Gasteiger partial charge in [-0.1, -0.05) is 6.92 Å². The molecule has 1 unspecified atom stereocenters. The third-order valence-electron chi connectivity index (χ3n) is 3.26. The quantitative estimate of drug-likeness (QED) is 0.750. The highest BCUT2D eigenvalue weighted by molar-refractivity contribution is 4.88. The second-order valence-corrected chi connectivity index (χ2v) is 5.80. The van der Waals surface area contributed by atoms with Gasteiger partial charge in [0.05, 0.1) is 0 Å². The van der Waals surface area contributed by atoms with Crippen LogP contribution in [0.2, 0.25) is 0 Å². The summed E-state index contributed by atoms with van der Waals surface area (Å²) in [6.07, 6.45) is 0. The second-order valence-electron chi connectivity index (χ2n) is 5.80. The van der Waals surface area contributed by atoms with Gasteiger partial charge in [-0.25, -0.2) is 0 Å². The number of nitrogens with zero attached hydrogens (tertiary/aromatic N) is 2. The molecule has 1 aliphatic rings. The van der Waals surface area contributed by atoms with Gasteiger partial charge in [-0.05, 0) is 40.4 Å². The Morgan fingerprint density at radius 2 is 2.07 bits per heavy atom. The van der Waals surface area contributed by atoms with Gasteiger partial charge in [-0.3, -0.25) is 4.90 Å². The Kier molecular flexibility index (Phi) is 4.56. The van der Waals surface area contributed by atoms with Crippen LogP contribution in [0.3, 0.4) is 0 Å². The molecule has 15 heavy (non-hydrogen) atoms. The average Bonchev–Trinajstić information content (AvgIpc) is 2.22. The van der Waals surface area contributed by atoms with Crippen molar-refractivity contribution < 1.29 is 0 Å². The summed E-state index contributed by atoms with van der Waals surface area (Å²) in [5, 5.41) is 3.55. The summed E-state index contributed by atoms with van der Waals surface area (Å²) in [6.45, 7) is 12.8. The van der Waals surface area contributed by atoms with Crippen molar-refractivity contribution in [2.75, 3.05) is 46.8 Å². The highest BCUT2D eigenvalue weighted by Crippen LogP contribution is 2.18. The summed E-state index contributed by atoms with van der Waals surface area (Å²) in [5.74, 6) is 0.758. The molecule has 1 atom stereocenters. The van der Waals surface area contributed by atoms with Crippen molar-refractivity contribution >= 4 is 0 Å². The van der Waals surface area contributed by atoms with E-state index < -0.39 is 0 Å². The van der Waals surface area contributed by atoms with E-state index in [0.717, 1.165) is 25.6 Å². The van der Waals surface area contributed by atoms with Gasteiger partial charge in [0, 0.05) is 31.7 Å². The fourth-order valence-corrected chi connectivity index (χ4v) is 2.14. The maximum absolute atomic E-state index is 3.55. The minimum atomic E-state index is 0.292. The van der Waals surface area contributed by atoms with Crippen LogP contribution >= 0.6 is 0 Å². The summed E-state index contributed by atoms with van der Waals surface area (Å²) in [4.78, 5) is 4.89. The summed E-state index contributed by atoms with van der Waals surface area (Å²) in [5.41, 5.74) is 0.292. The van der Waals surface area contributed by atoms with Gasteiger partial charge in [0.25, 0.3) is 0 Å². The van der Waals surface area contributed by atoms with E-state index in [9.17, 15) is 0 Å². The lowest BCUT2D eigenvalue weighted by atomic mass is 10.0. The van der Waals surface area contributed by atoms with Gasteiger partial charge >= 0.3 is 0 Å². The Balaban J connectivity index is 2.54. The third kappa shape index (κ3) is 4.09. The Hall–Kier alpha value is -0.120. The number of nitrogens with one attached hydrogen (secondary N) is 1. The first kappa shape index (κ1) is 12.9. The van der Waals surface area contributed by atoms with Crippen LogP contribution in [0.25, 0.3) is 0 Å². The zero-order valence-corrected chi connectivity index (χ0v) is 11.0. The highest BCUT2D eigenvalue weighted by atomic mass is 15.2. The molecule has 0 saturated carbocycles. The number of hydrogen-bond acceptors (Lipinski definition) is 3. The number of rotatable bonds is 3. The smallest absolute Gasteiger partial charge is 0.0278 e. The molecule has 1 N–H and O–H groups in total. The summed E-state index contributed by atoms with van der Waals surface area (Å²) in [7, 11) is 4.29. The molecule has 0 aromatic carbocycles. The van der Waals surface area contributed by atoms with Gasteiger partial charge in [0.1, 0.15) is 0 Å².